The summed E-state index contributed by atoms with van der Waals surface area (Å²) in [4.78, 5) is 7.58. The van der Waals surface area contributed by atoms with Crippen molar-refractivity contribution < 1.29 is 10.2 Å². The van der Waals surface area contributed by atoms with Crippen LogP contribution in [0.1, 0.15) is 11.1 Å². The Morgan fingerprint density at radius 2 is 1.96 bits per heavy atom. The number of fused-ring (bicyclic) bond motifs is 3. The van der Waals surface area contributed by atoms with Gasteiger partial charge in [-0.3, -0.25) is 0 Å². The minimum Gasteiger partial charge on any atom is -0.503 e. The third-order valence-electron chi connectivity index (χ3n) is 3.93. The van der Waals surface area contributed by atoms with E-state index in [9.17, 15) is 10.2 Å². The Morgan fingerprint density at radius 3 is 2.78 bits per heavy atom. The van der Waals surface area contributed by atoms with Gasteiger partial charge in [0.1, 0.15) is 5.52 Å². The van der Waals surface area contributed by atoms with Gasteiger partial charge in [-0.2, -0.15) is 10.1 Å². The molecule has 0 amide bonds. The molecule has 0 aliphatic rings. The summed E-state index contributed by atoms with van der Waals surface area (Å²) in [5.41, 5.74) is 6.61. The van der Waals surface area contributed by atoms with E-state index in [0.29, 0.717) is 25.7 Å². The van der Waals surface area contributed by atoms with Crippen LogP contribution in [0.4, 0.5) is 5.95 Å². The largest absolute Gasteiger partial charge is 0.503 e. The number of hydrogen-bond donors (Lipinski definition) is 4. The van der Waals surface area contributed by atoms with Crippen molar-refractivity contribution in [2.24, 2.45) is 5.10 Å². The van der Waals surface area contributed by atoms with Gasteiger partial charge in [-0.15, -0.1) is 10.2 Å². The Morgan fingerprint density at radius 1 is 1.15 bits per heavy atom. The van der Waals surface area contributed by atoms with Crippen molar-refractivity contribution in [3.8, 4) is 11.5 Å². The Bertz CT molecular complexity index is 1220. The van der Waals surface area contributed by atoms with E-state index < -0.39 is 0 Å². The first-order valence-electron chi connectivity index (χ1n) is 7.76. The molecule has 10 heteroatoms. The lowest BCUT2D eigenvalue weighted by Crippen LogP contribution is -1.99. The molecule has 2 aromatic heterocycles. The van der Waals surface area contributed by atoms with Gasteiger partial charge in [0.15, 0.2) is 17.1 Å². The van der Waals surface area contributed by atoms with Crippen molar-refractivity contribution in [1.29, 1.82) is 0 Å². The molecule has 2 heterocycles. The van der Waals surface area contributed by atoms with Gasteiger partial charge in [0.2, 0.25) is 0 Å². The highest BCUT2D eigenvalue weighted by atomic mass is 79.9. The molecule has 4 rings (SSSR count). The molecule has 136 valence electrons. The van der Waals surface area contributed by atoms with Crippen LogP contribution in [0.25, 0.3) is 22.1 Å². The topological polar surface area (TPSA) is 119 Å². The number of halogens is 2. The smallest absolute Gasteiger partial charge is 0.265 e. The number of rotatable bonds is 3. The average Bonchev–Trinajstić information content (AvgIpc) is 3.01. The summed E-state index contributed by atoms with van der Waals surface area (Å²) >= 11 is 6.38. The number of aromatic amines is 1. The maximum atomic E-state index is 9.84. The van der Waals surface area contributed by atoms with Crippen LogP contribution < -0.4 is 5.43 Å². The standard InChI is InChI=1S/C17H12Br2N6O2/c1-7-2-3-11-9(4-7)13-16(21-11)22-17(25-23-13)24-20-6-8-5-10(18)14(26)15(27)12(8)19/h2-6,26-27H,1H3,(H2,21,22,24,25)/b20-6-. The molecule has 0 aliphatic carbocycles. The number of hydrazone groups is 1. The third kappa shape index (κ3) is 3.21. The van der Waals surface area contributed by atoms with Crippen LogP contribution in [0, 0.1) is 6.92 Å². The Labute approximate surface area is 169 Å². The molecule has 0 aliphatic heterocycles. The van der Waals surface area contributed by atoms with Gasteiger partial charge in [0.05, 0.1) is 15.2 Å². The van der Waals surface area contributed by atoms with Gasteiger partial charge in [-0.25, -0.2) is 5.43 Å². The van der Waals surface area contributed by atoms with E-state index in [4.69, 9.17) is 0 Å². The number of aromatic hydroxyl groups is 2. The molecule has 8 nitrogen and oxygen atoms in total. The van der Waals surface area contributed by atoms with Crippen LogP contribution in [0.3, 0.4) is 0 Å². The van der Waals surface area contributed by atoms with Crippen LogP contribution in [0.5, 0.6) is 11.5 Å². The minimum absolute atomic E-state index is 0.222. The van der Waals surface area contributed by atoms with Crippen molar-refractivity contribution in [2.75, 3.05) is 5.43 Å². The molecule has 0 spiro atoms. The van der Waals surface area contributed by atoms with Crippen molar-refractivity contribution in [2.45, 2.75) is 6.92 Å². The third-order valence-corrected chi connectivity index (χ3v) is 5.37. The van der Waals surface area contributed by atoms with Crippen LogP contribution in [-0.4, -0.2) is 36.6 Å². The zero-order valence-corrected chi connectivity index (χ0v) is 17.0. The summed E-state index contributed by atoms with van der Waals surface area (Å²) in [6.07, 6.45) is 1.45. The number of aromatic nitrogens is 4. The summed E-state index contributed by atoms with van der Waals surface area (Å²) in [5.74, 6) is -0.308. The second-order valence-corrected chi connectivity index (χ2v) is 7.48. The lowest BCUT2D eigenvalue weighted by Gasteiger charge is -2.06. The Kier molecular flexibility index (Phi) is 4.44. The molecular weight excluding hydrogens is 480 g/mol. The first-order valence-corrected chi connectivity index (χ1v) is 9.34. The predicted octanol–water partition coefficient (Wildman–Crippen LogP) is 4.20. The van der Waals surface area contributed by atoms with Crippen LogP contribution in [0.2, 0.25) is 0 Å². The fraction of sp³-hybridized carbons (Fsp3) is 0.0588. The number of aryl methyl sites for hydroxylation is 1. The molecule has 0 radical (unpaired) electrons. The fourth-order valence-electron chi connectivity index (χ4n) is 2.61. The van der Waals surface area contributed by atoms with E-state index in [1.807, 2.05) is 25.1 Å². The molecular formula is C17H12Br2N6O2. The second-order valence-electron chi connectivity index (χ2n) is 5.84. The minimum atomic E-state index is -0.279. The predicted molar refractivity (Wildman–Crippen MR) is 110 cm³/mol. The SMILES string of the molecule is Cc1ccc2[nH]c3nc(N/N=C\c4cc(Br)c(O)c(O)c4Br)nnc3c2c1. The number of nitrogens with zero attached hydrogens (tertiary/aromatic N) is 4. The van der Waals surface area contributed by atoms with E-state index in [1.165, 1.54) is 6.21 Å². The number of anilines is 1. The molecule has 4 aromatic rings. The number of hydrogen-bond acceptors (Lipinski definition) is 7. The number of phenolic OH excluding ortho intramolecular Hbond substituents is 2. The van der Waals surface area contributed by atoms with Crippen molar-refractivity contribution in [3.63, 3.8) is 0 Å². The van der Waals surface area contributed by atoms with Crippen LogP contribution >= 0.6 is 31.9 Å². The van der Waals surface area contributed by atoms with E-state index >= 15 is 0 Å². The van der Waals surface area contributed by atoms with E-state index in [-0.39, 0.29) is 17.4 Å². The molecule has 0 saturated heterocycles. The molecule has 0 saturated carbocycles. The lowest BCUT2D eigenvalue weighted by molar-refractivity contribution is 0.399. The fourth-order valence-corrected chi connectivity index (χ4v) is 3.45. The van der Waals surface area contributed by atoms with E-state index in [2.05, 4.69) is 62.6 Å². The first-order chi connectivity index (χ1) is 12.9. The molecule has 0 fully saturated rings. The molecule has 0 atom stereocenters. The van der Waals surface area contributed by atoms with Gasteiger partial charge in [0, 0.05) is 16.5 Å². The number of nitrogens with one attached hydrogen (secondary N) is 2. The van der Waals surface area contributed by atoms with Crippen molar-refractivity contribution in [3.05, 3.63) is 44.3 Å². The zero-order valence-electron chi connectivity index (χ0n) is 13.8. The highest BCUT2D eigenvalue weighted by Gasteiger charge is 2.13. The first kappa shape index (κ1) is 17.7. The number of phenols is 2. The van der Waals surface area contributed by atoms with Gasteiger partial charge in [-0.1, -0.05) is 11.6 Å². The average molecular weight is 492 g/mol. The van der Waals surface area contributed by atoms with Crippen molar-refractivity contribution in [1.82, 2.24) is 20.2 Å². The quantitative estimate of drug-likeness (QED) is 0.194. The highest BCUT2D eigenvalue weighted by molar-refractivity contribution is 9.11. The van der Waals surface area contributed by atoms with Crippen LogP contribution in [0.15, 0.2) is 38.3 Å². The number of benzene rings is 2. The molecule has 27 heavy (non-hydrogen) atoms. The maximum Gasteiger partial charge on any atom is 0.265 e. The number of H-pyrrole nitrogens is 1. The highest BCUT2D eigenvalue weighted by Crippen LogP contribution is 2.40. The van der Waals surface area contributed by atoms with Crippen molar-refractivity contribution >= 4 is 66.1 Å². The summed E-state index contributed by atoms with van der Waals surface area (Å²) < 4.78 is 0.659. The van der Waals surface area contributed by atoms with Gasteiger partial charge in [0.25, 0.3) is 5.95 Å². The summed E-state index contributed by atoms with van der Waals surface area (Å²) in [6.45, 7) is 2.02. The lowest BCUT2D eigenvalue weighted by atomic mass is 10.2. The van der Waals surface area contributed by atoms with Gasteiger partial charge in [-0.05, 0) is 57.0 Å². The summed E-state index contributed by atoms with van der Waals surface area (Å²) in [6, 6.07) is 7.62. The van der Waals surface area contributed by atoms with Gasteiger partial charge >= 0.3 is 0 Å². The second kappa shape index (κ2) is 6.78. The van der Waals surface area contributed by atoms with Crippen LogP contribution in [-0.2, 0) is 0 Å². The molecule has 2 aromatic carbocycles. The van der Waals surface area contributed by atoms with E-state index in [0.717, 1.165) is 16.5 Å². The zero-order chi connectivity index (χ0) is 19.1. The molecule has 0 bridgehead atoms. The Balaban J connectivity index is 1.63. The Hall–Kier alpha value is -2.72. The molecule has 4 N–H and O–H groups in total. The van der Waals surface area contributed by atoms with Gasteiger partial charge < -0.3 is 15.2 Å². The normalized spacial score (nSPS) is 11.7. The maximum absolute atomic E-state index is 9.84. The monoisotopic (exact) mass is 490 g/mol. The summed E-state index contributed by atoms with van der Waals surface area (Å²) in [7, 11) is 0. The summed E-state index contributed by atoms with van der Waals surface area (Å²) in [5, 5.41) is 32.8. The van der Waals surface area contributed by atoms with E-state index in [1.54, 1.807) is 6.07 Å². The molecule has 0 unspecified atom stereocenters.